The van der Waals surface area contributed by atoms with Gasteiger partial charge in [-0.15, -0.1) is 35.7 Å². The monoisotopic (exact) mass is 486 g/mol. The topological polar surface area (TPSA) is 82.6 Å². The van der Waals surface area contributed by atoms with Crippen molar-refractivity contribution in [1.82, 2.24) is 15.4 Å². The Labute approximate surface area is 166 Å². The van der Waals surface area contributed by atoms with Gasteiger partial charge >= 0.3 is 0 Å². The first kappa shape index (κ1) is 23.5. The summed E-state index contributed by atoms with van der Waals surface area (Å²) < 4.78 is 24.3. The third-order valence-corrected chi connectivity index (χ3v) is 4.71. The highest BCUT2D eigenvalue weighted by molar-refractivity contribution is 14.0. The Kier molecular flexibility index (Phi) is 12.5. The molecule has 0 fully saturated rings. The van der Waals surface area contributed by atoms with Crippen LogP contribution in [-0.4, -0.2) is 52.6 Å². The van der Waals surface area contributed by atoms with Crippen molar-refractivity contribution in [3.63, 3.8) is 0 Å². The van der Waals surface area contributed by atoms with Gasteiger partial charge in [0.05, 0.1) is 6.26 Å². The molecule has 0 aromatic heterocycles. The van der Waals surface area contributed by atoms with Crippen molar-refractivity contribution in [1.29, 1.82) is 0 Å². The molecule has 0 radical (unpaired) electrons. The molecular weight excluding hydrogens is 459 g/mol. The highest BCUT2D eigenvalue weighted by Gasteiger charge is 2.06. The lowest BCUT2D eigenvalue weighted by Gasteiger charge is -2.16. The summed E-state index contributed by atoms with van der Waals surface area (Å²) in [5.41, 5.74) is 0. The molecule has 3 N–H and O–H groups in total. The molecule has 0 saturated heterocycles. The van der Waals surface area contributed by atoms with Crippen molar-refractivity contribution in [2.75, 3.05) is 32.9 Å². The van der Waals surface area contributed by atoms with Gasteiger partial charge in [-0.05, 0) is 18.6 Å². The lowest BCUT2D eigenvalue weighted by atomic mass is 10.4. The van der Waals surface area contributed by atoms with Crippen molar-refractivity contribution < 1.29 is 8.42 Å². The minimum atomic E-state index is -3.11. The Balaban J connectivity index is 0.00000529. The molecule has 1 aromatic rings. The first-order valence-corrected chi connectivity index (χ1v) is 10.3. The molecule has 0 amide bonds. The van der Waals surface area contributed by atoms with Crippen LogP contribution in [0.1, 0.15) is 13.3 Å². The Morgan fingerprint density at radius 1 is 1.21 bits per heavy atom. The van der Waals surface area contributed by atoms with E-state index in [0.717, 1.165) is 18.8 Å². The van der Waals surface area contributed by atoms with Crippen LogP contribution in [0, 0.1) is 0 Å². The lowest BCUT2D eigenvalue weighted by Crippen LogP contribution is -2.41. The molecular formula is C15H27IN4O2S2. The molecule has 1 unspecified atom stereocenters. The molecule has 0 heterocycles. The van der Waals surface area contributed by atoms with Crippen LogP contribution < -0.4 is 15.4 Å². The van der Waals surface area contributed by atoms with Crippen LogP contribution in [0.15, 0.2) is 40.2 Å². The molecule has 1 atom stereocenters. The number of guanidine groups is 1. The molecule has 6 nitrogen and oxygen atoms in total. The average Bonchev–Trinajstić information content (AvgIpc) is 2.50. The number of nitrogens with zero attached hydrogens (tertiary/aromatic N) is 1. The van der Waals surface area contributed by atoms with Crippen LogP contribution in [0.25, 0.3) is 0 Å². The molecule has 0 bridgehead atoms. The van der Waals surface area contributed by atoms with E-state index >= 15 is 0 Å². The zero-order valence-electron chi connectivity index (χ0n) is 14.3. The maximum Gasteiger partial charge on any atom is 0.208 e. The zero-order chi connectivity index (χ0) is 17.1. The average molecular weight is 486 g/mol. The highest BCUT2D eigenvalue weighted by atomic mass is 127. The Morgan fingerprint density at radius 3 is 2.46 bits per heavy atom. The summed E-state index contributed by atoms with van der Waals surface area (Å²) >= 11 is 1.81. The number of hydrogen-bond acceptors (Lipinski definition) is 4. The van der Waals surface area contributed by atoms with E-state index in [1.54, 1.807) is 7.05 Å². The number of thioether (sulfide) groups is 1. The predicted molar refractivity (Wildman–Crippen MR) is 114 cm³/mol. The van der Waals surface area contributed by atoms with Gasteiger partial charge in [-0.1, -0.05) is 25.1 Å². The smallest absolute Gasteiger partial charge is 0.208 e. The first-order valence-electron chi connectivity index (χ1n) is 7.51. The summed E-state index contributed by atoms with van der Waals surface area (Å²) in [6.45, 7) is 4.03. The van der Waals surface area contributed by atoms with Crippen LogP contribution in [0.5, 0.6) is 0 Å². The number of sulfonamides is 1. The van der Waals surface area contributed by atoms with Gasteiger partial charge in [-0.3, -0.25) is 4.99 Å². The van der Waals surface area contributed by atoms with Gasteiger partial charge in [0.2, 0.25) is 10.0 Å². The first-order chi connectivity index (χ1) is 10.9. The molecule has 24 heavy (non-hydrogen) atoms. The van der Waals surface area contributed by atoms with Crippen molar-refractivity contribution in [2.45, 2.75) is 23.5 Å². The number of benzene rings is 1. The Morgan fingerprint density at radius 2 is 1.88 bits per heavy atom. The van der Waals surface area contributed by atoms with Gasteiger partial charge in [0.15, 0.2) is 5.96 Å². The van der Waals surface area contributed by atoms with Crippen LogP contribution in [-0.2, 0) is 10.0 Å². The summed E-state index contributed by atoms with van der Waals surface area (Å²) in [6, 6.07) is 10.3. The van der Waals surface area contributed by atoms with Crippen molar-refractivity contribution in [3.05, 3.63) is 30.3 Å². The Hall–Kier alpha value is -0.520. The second-order valence-electron chi connectivity index (χ2n) is 5.14. The van der Waals surface area contributed by atoms with E-state index in [2.05, 4.69) is 39.4 Å². The molecule has 1 rings (SSSR count). The standard InChI is InChI=1S/C15H26N4O2S2.HI/c1-13(22-14-8-5-4-6-9-14)12-18-15(16-2)17-10-7-11-19-23(3,20)21;/h4-6,8-9,13,19H,7,10-12H2,1-3H3,(H2,16,17,18);1H. The Bertz CT molecular complexity index is 582. The number of nitrogens with one attached hydrogen (secondary N) is 3. The van der Waals surface area contributed by atoms with Gasteiger partial charge in [0.25, 0.3) is 0 Å². The van der Waals surface area contributed by atoms with E-state index in [1.165, 1.54) is 4.90 Å². The normalized spacial score (nSPS) is 13.0. The van der Waals surface area contributed by atoms with Crippen LogP contribution in [0.2, 0.25) is 0 Å². The summed E-state index contributed by atoms with van der Waals surface area (Å²) in [7, 11) is -1.39. The number of aliphatic imine (C=N–C) groups is 1. The van der Waals surface area contributed by atoms with Gasteiger partial charge in [0.1, 0.15) is 0 Å². The SMILES string of the molecule is CN=C(NCCCNS(C)(=O)=O)NCC(C)Sc1ccccc1.I. The van der Waals surface area contributed by atoms with Crippen LogP contribution in [0.3, 0.4) is 0 Å². The van der Waals surface area contributed by atoms with Crippen LogP contribution >= 0.6 is 35.7 Å². The summed E-state index contributed by atoms with van der Waals surface area (Å²) in [5, 5.41) is 6.85. The summed E-state index contributed by atoms with van der Waals surface area (Å²) in [5.74, 6) is 0.727. The molecule has 138 valence electrons. The molecule has 1 aromatic carbocycles. The lowest BCUT2D eigenvalue weighted by molar-refractivity contribution is 0.584. The van der Waals surface area contributed by atoms with Crippen LogP contribution in [0.4, 0.5) is 0 Å². The second-order valence-corrected chi connectivity index (χ2v) is 8.49. The molecule has 0 aliphatic rings. The summed E-state index contributed by atoms with van der Waals surface area (Å²) in [6.07, 6.45) is 1.86. The highest BCUT2D eigenvalue weighted by Crippen LogP contribution is 2.21. The molecule has 9 heteroatoms. The van der Waals surface area contributed by atoms with E-state index in [0.29, 0.717) is 24.8 Å². The van der Waals surface area contributed by atoms with Gasteiger partial charge in [-0.25, -0.2) is 13.1 Å². The van der Waals surface area contributed by atoms with Crippen molar-refractivity contribution in [2.24, 2.45) is 4.99 Å². The minimum Gasteiger partial charge on any atom is -0.356 e. The van der Waals surface area contributed by atoms with E-state index in [9.17, 15) is 8.42 Å². The third-order valence-electron chi connectivity index (χ3n) is 2.87. The molecule has 0 spiro atoms. The van der Waals surface area contributed by atoms with Crippen molar-refractivity contribution >= 4 is 51.7 Å². The minimum absolute atomic E-state index is 0. The van der Waals surface area contributed by atoms with E-state index in [-0.39, 0.29) is 24.0 Å². The van der Waals surface area contributed by atoms with E-state index in [1.807, 2.05) is 30.0 Å². The van der Waals surface area contributed by atoms with E-state index < -0.39 is 10.0 Å². The fraction of sp³-hybridized carbons (Fsp3) is 0.533. The molecule has 0 aliphatic carbocycles. The fourth-order valence-corrected chi connectivity index (χ4v) is 3.25. The summed E-state index contributed by atoms with van der Waals surface area (Å²) in [4.78, 5) is 5.41. The fourth-order valence-electron chi connectivity index (χ4n) is 1.79. The van der Waals surface area contributed by atoms with Gasteiger partial charge in [0, 0.05) is 36.8 Å². The van der Waals surface area contributed by atoms with Crippen molar-refractivity contribution in [3.8, 4) is 0 Å². The molecule has 0 aliphatic heterocycles. The quantitative estimate of drug-likeness (QED) is 0.163. The number of halogens is 1. The number of hydrogen-bond donors (Lipinski definition) is 3. The maximum absolute atomic E-state index is 10.9. The maximum atomic E-state index is 10.9. The van der Waals surface area contributed by atoms with E-state index in [4.69, 9.17) is 0 Å². The van der Waals surface area contributed by atoms with Gasteiger partial charge < -0.3 is 10.6 Å². The third kappa shape index (κ3) is 11.9. The van der Waals surface area contributed by atoms with Gasteiger partial charge in [-0.2, -0.15) is 0 Å². The largest absolute Gasteiger partial charge is 0.356 e. The predicted octanol–water partition coefficient (Wildman–Crippen LogP) is 1.89. The molecule has 0 saturated carbocycles. The second kappa shape index (κ2) is 12.8. The zero-order valence-corrected chi connectivity index (χ0v) is 18.2. The number of rotatable bonds is 9.